The lowest BCUT2D eigenvalue weighted by atomic mass is 9.84. The number of hydrogen-bond acceptors (Lipinski definition) is 3. The molecule has 0 spiro atoms. The molecule has 0 saturated carbocycles. The largest absolute Gasteiger partial charge is 0.387 e. The molecule has 4 rings (SSSR count). The van der Waals surface area contributed by atoms with E-state index in [4.69, 9.17) is 0 Å². The summed E-state index contributed by atoms with van der Waals surface area (Å²) < 4.78 is 13.1. The molecule has 2 atom stereocenters. The number of aliphatic hydroxyl groups is 1. The zero-order valence-electron chi connectivity index (χ0n) is 11.1. The van der Waals surface area contributed by atoms with E-state index in [0.29, 0.717) is 18.2 Å². The van der Waals surface area contributed by atoms with E-state index in [0.717, 1.165) is 12.5 Å². The number of aliphatic hydroxyl groups excluding tert-OH is 1. The SMILES string of the molecule is OC(CNC1CN2CCC1CC2)c1cccc(F)c1. The van der Waals surface area contributed by atoms with Gasteiger partial charge in [-0.15, -0.1) is 0 Å². The summed E-state index contributed by atoms with van der Waals surface area (Å²) in [4.78, 5) is 2.48. The Bertz CT molecular complexity index is 432. The number of nitrogens with zero attached hydrogens (tertiary/aromatic N) is 1. The van der Waals surface area contributed by atoms with Crippen LogP contribution in [0.15, 0.2) is 24.3 Å². The van der Waals surface area contributed by atoms with E-state index in [-0.39, 0.29) is 5.82 Å². The molecule has 0 aliphatic carbocycles. The zero-order valence-corrected chi connectivity index (χ0v) is 11.1. The highest BCUT2D eigenvalue weighted by atomic mass is 19.1. The van der Waals surface area contributed by atoms with Gasteiger partial charge in [-0.3, -0.25) is 0 Å². The first kappa shape index (κ1) is 13.0. The second-order valence-corrected chi connectivity index (χ2v) is 5.72. The molecule has 2 N–H and O–H groups in total. The summed E-state index contributed by atoms with van der Waals surface area (Å²) in [5.41, 5.74) is 0.647. The first-order valence-electron chi connectivity index (χ1n) is 7.11. The van der Waals surface area contributed by atoms with Gasteiger partial charge >= 0.3 is 0 Å². The first-order valence-corrected chi connectivity index (χ1v) is 7.11. The maximum Gasteiger partial charge on any atom is 0.123 e. The second-order valence-electron chi connectivity index (χ2n) is 5.72. The van der Waals surface area contributed by atoms with E-state index in [1.807, 2.05) is 0 Å². The van der Waals surface area contributed by atoms with Crippen LogP contribution < -0.4 is 5.32 Å². The Morgan fingerprint density at radius 1 is 1.37 bits per heavy atom. The normalized spacial score (nSPS) is 31.4. The Hall–Kier alpha value is -0.970. The molecule has 3 fully saturated rings. The van der Waals surface area contributed by atoms with Crippen molar-refractivity contribution in [3.05, 3.63) is 35.6 Å². The van der Waals surface area contributed by atoms with Crippen molar-refractivity contribution in [1.82, 2.24) is 10.2 Å². The topological polar surface area (TPSA) is 35.5 Å². The summed E-state index contributed by atoms with van der Waals surface area (Å²) in [5, 5.41) is 13.6. The molecule has 2 bridgehead atoms. The number of rotatable bonds is 4. The Labute approximate surface area is 113 Å². The van der Waals surface area contributed by atoms with Crippen molar-refractivity contribution < 1.29 is 9.50 Å². The van der Waals surface area contributed by atoms with Crippen molar-refractivity contribution in [3.8, 4) is 0 Å². The highest BCUT2D eigenvalue weighted by Gasteiger charge is 2.33. The summed E-state index contributed by atoms with van der Waals surface area (Å²) in [6.45, 7) is 4.02. The van der Waals surface area contributed by atoms with Crippen LogP contribution in [0.1, 0.15) is 24.5 Å². The molecule has 2 unspecified atom stereocenters. The van der Waals surface area contributed by atoms with E-state index < -0.39 is 6.10 Å². The lowest BCUT2D eigenvalue weighted by Crippen LogP contribution is -2.56. The number of benzene rings is 1. The smallest absolute Gasteiger partial charge is 0.123 e. The van der Waals surface area contributed by atoms with Crippen LogP contribution in [0.4, 0.5) is 4.39 Å². The van der Waals surface area contributed by atoms with Crippen molar-refractivity contribution in [2.45, 2.75) is 25.0 Å². The third-order valence-corrected chi connectivity index (χ3v) is 4.46. The molecule has 3 saturated heterocycles. The number of piperidine rings is 3. The Balaban J connectivity index is 1.54. The fourth-order valence-corrected chi connectivity index (χ4v) is 3.29. The number of halogens is 1. The monoisotopic (exact) mass is 264 g/mol. The Morgan fingerprint density at radius 3 is 2.79 bits per heavy atom. The van der Waals surface area contributed by atoms with Gasteiger partial charge < -0.3 is 15.3 Å². The summed E-state index contributed by atoms with van der Waals surface area (Å²) in [5.74, 6) is 0.448. The van der Waals surface area contributed by atoms with E-state index >= 15 is 0 Å². The molecule has 3 heterocycles. The van der Waals surface area contributed by atoms with Gasteiger partial charge in [0.05, 0.1) is 6.10 Å². The predicted octanol–water partition coefficient (Wildman–Crippen LogP) is 1.54. The lowest BCUT2D eigenvalue weighted by Gasteiger charge is -2.45. The fraction of sp³-hybridized carbons (Fsp3) is 0.600. The molecule has 4 heteroatoms. The van der Waals surface area contributed by atoms with Crippen LogP contribution in [0, 0.1) is 11.7 Å². The zero-order chi connectivity index (χ0) is 13.2. The average Bonchev–Trinajstić information content (AvgIpc) is 2.46. The van der Waals surface area contributed by atoms with Crippen molar-refractivity contribution in [2.75, 3.05) is 26.2 Å². The van der Waals surface area contributed by atoms with Gasteiger partial charge in [-0.1, -0.05) is 12.1 Å². The van der Waals surface area contributed by atoms with Gasteiger partial charge in [0.25, 0.3) is 0 Å². The van der Waals surface area contributed by atoms with Crippen molar-refractivity contribution >= 4 is 0 Å². The maximum absolute atomic E-state index is 13.1. The van der Waals surface area contributed by atoms with Gasteiger partial charge in [-0.05, 0) is 49.5 Å². The molecule has 3 nitrogen and oxygen atoms in total. The van der Waals surface area contributed by atoms with Gasteiger partial charge in [0.2, 0.25) is 0 Å². The van der Waals surface area contributed by atoms with Crippen LogP contribution >= 0.6 is 0 Å². The average molecular weight is 264 g/mol. The van der Waals surface area contributed by atoms with Crippen LogP contribution in [0.3, 0.4) is 0 Å². The minimum absolute atomic E-state index is 0.292. The molecular formula is C15H21FN2O. The second kappa shape index (κ2) is 5.57. The molecule has 3 aliphatic rings. The fourth-order valence-electron chi connectivity index (χ4n) is 3.29. The van der Waals surface area contributed by atoms with Gasteiger partial charge in [0.1, 0.15) is 5.82 Å². The molecular weight excluding hydrogens is 243 g/mol. The molecule has 19 heavy (non-hydrogen) atoms. The number of nitrogens with one attached hydrogen (secondary N) is 1. The quantitative estimate of drug-likeness (QED) is 0.866. The third kappa shape index (κ3) is 2.96. The molecule has 0 amide bonds. The molecule has 0 radical (unpaired) electrons. The Kier molecular flexibility index (Phi) is 3.82. The summed E-state index contributed by atoms with van der Waals surface area (Å²) in [7, 11) is 0. The minimum Gasteiger partial charge on any atom is -0.387 e. The standard InChI is InChI=1S/C15H21FN2O/c16-13-3-1-2-12(8-13)15(19)9-17-14-10-18-6-4-11(14)5-7-18/h1-3,8,11,14-15,17,19H,4-7,9-10H2. The summed E-state index contributed by atoms with van der Waals surface area (Å²) in [6.07, 6.45) is 1.88. The molecule has 1 aromatic carbocycles. The van der Waals surface area contributed by atoms with Gasteiger partial charge in [-0.2, -0.15) is 0 Å². The highest BCUT2D eigenvalue weighted by molar-refractivity contribution is 5.19. The van der Waals surface area contributed by atoms with Crippen molar-refractivity contribution in [2.24, 2.45) is 5.92 Å². The van der Waals surface area contributed by atoms with Crippen LogP contribution in [0.2, 0.25) is 0 Å². The van der Waals surface area contributed by atoms with Crippen LogP contribution in [-0.2, 0) is 0 Å². The molecule has 104 valence electrons. The van der Waals surface area contributed by atoms with Crippen LogP contribution in [0.5, 0.6) is 0 Å². The van der Waals surface area contributed by atoms with Crippen LogP contribution in [-0.4, -0.2) is 42.2 Å². The van der Waals surface area contributed by atoms with Gasteiger partial charge in [-0.25, -0.2) is 4.39 Å². The molecule has 3 aliphatic heterocycles. The van der Waals surface area contributed by atoms with Crippen molar-refractivity contribution in [3.63, 3.8) is 0 Å². The van der Waals surface area contributed by atoms with E-state index in [1.54, 1.807) is 12.1 Å². The Morgan fingerprint density at radius 2 is 2.16 bits per heavy atom. The minimum atomic E-state index is -0.633. The van der Waals surface area contributed by atoms with Gasteiger partial charge in [0.15, 0.2) is 0 Å². The first-order chi connectivity index (χ1) is 9.22. The van der Waals surface area contributed by atoms with Crippen LogP contribution in [0.25, 0.3) is 0 Å². The highest BCUT2D eigenvalue weighted by Crippen LogP contribution is 2.27. The van der Waals surface area contributed by atoms with Gasteiger partial charge in [0, 0.05) is 19.1 Å². The van der Waals surface area contributed by atoms with E-state index in [1.165, 1.54) is 38.1 Å². The maximum atomic E-state index is 13.1. The van der Waals surface area contributed by atoms with E-state index in [9.17, 15) is 9.50 Å². The predicted molar refractivity (Wildman–Crippen MR) is 72.3 cm³/mol. The molecule has 0 aromatic heterocycles. The number of hydrogen-bond donors (Lipinski definition) is 2. The van der Waals surface area contributed by atoms with E-state index in [2.05, 4.69) is 10.2 Å². The van der Waals surface area contributed by atoms with Crippen molar-refractivity contribution in [1.29, 1.82) is 0 Å². The third-order valence-electron chi connectivity index (χ3n) is 4.46. The molecule has 1 aromatic rings. The summed E-state index contributed by atoms with van der Waals surface area (Å²) >= 11 is 0. The summed E-state index contributed by atoms with van der Waals surface area (Å²) in [6, 6.07) is 6.69. The number of fused-ring (bicyclic) bond motifs is 3. The lowest BCUT2D eigenvalue weighted by molar-refractivity contribution is 0.0635.